The number of nitrogens with zero attached hydrogens (tertiary/aromatic N) is 3. The van der Waals surface area contributed by atoms with Crippen molar-refractivity contribution >= 4 is 23.2 Å². The van der Waals surface area contributed by atoms with E-state index in [-0.39, 0.29) is 17.6 Å². The summed E-state index contributed by atoms with van der Waals surface area (Å²) in [5, 5.41) is 7.27. The number of aromatic nitrogens is 3. The highest BCUT2D eigenvalue weighted by atomic mass is 35.5. The molecule has 2 atom stereocenters. The highest BCUT2D eigenvalue weighted by Crippen LogP contribution is 2.25. The third kappa shape index (κ3) is 3.82. The molecule has 2 heterocycles. The van der Waals surface area contributed by atoms with Gasteiger partial charge in [-0.15, -0.1) is 0 Å². The van der Waals surface area contributed by atoms with E-state index >= 15 is 0 Å². The number of rotatable bonds is 4. The van der Waals surface area contributed by atoms with Crippen LogP contribution in [-0.2, 0) is 4.79 Å². The maximum absolute atomic E-state index is 14.3. The summed E-state index contributed by atoms with van der Waals surface area (Å²) in [7, 11) is 0. The van der Waals surface area contributed by atoms with E-state index in [2.05, 4.69) is 26.3 Å². The number of anilines is 1. The molecule has 1 amide bonds. The van der Waals surface area contributed by atoms with Crippen molar-refractivity contribution in [2.24, 2.45) is 0 Å². The third-order valence-corrected chi connectivity index (χ3v) is 4.59. The minimum absolute atomic E-state index is 0.0362. The van der Waals surface area contributed by atoms with Crippen LogP contribution < -0.4 is 16.2 Å². The summed E-state index contributed by atoms with van der Waals surface area (Å²) < 4.78 is 15.6. The predicted molar refractivity (Wildman–Crippen MR) is 98.8 cm³/mol. The summed E-state index contributed by atoms with van der Waals surface area (Å²) in [5.41, 5.74) is 7.69. The average molecular weight is 387 g/mol. The zero-order valence-electron chi connectivity index (χ0n) is 14.1. The van der Waals surface area contributed by atoms with Crippen molar-refractivity contribution in [3.63, 3.8) is 0 Å². The lowest BCUT2D eigenvalue weighted by Gasteiger charge is -2.12. The van der Waals surface area contributed by atoms with Crippen molar-refractivity contribution in [2.45, 2.75) is 18.5 Å². The van der Waals surface area contributed by atoms with Gasteiger partial charge in [0.25, 0.3) is 0 Å². The van der Waals surface area contributed by atoms with Gasteiger partial charge in [-0.3, -0.25) is 4.79 Å². The van der Waals surface area contributed by atoms with Crippen molar-refractivity contribution in [3.8, 4) is 5.69 Å². The van der Waals surface area contributed by atoms with E-state index in [1.54, 1.807) is 12.1 Å². The van der Waals surface area contributed by atoms with E-state index in [1.165, 1.54) is 29.5 Å². The number of hydrogen-bond donors (Lipinski definition) is 3. The molecule has 0 spiro atoms. The Kier molecular flexibility index (Phi) is 4.85. The third-order valence-electron chi connectivity index (χ3n) is 4.35. The van der Waals surface area contributed by atoms with E-state index in [9.17, 15) is 9.18 Å². The quantitative estimate of drug-likeness (QED) is 0.642. The van der Waals surface area contributed by atoms with Crippen LogP contribution in [0.15, 0.2) is 55.1 Å². The van der Waals surface area contributed by atoms with Gasteiger partial charge in [-0.2, -0.15) is 5.10 Å². The number of carbonyl (C=O) groups is 1. The molecule has 0 saturated carbocycles. The minimum Gasteiger partial charge on any atom is -0.325 e. The summed E-state index contributed by atoms with van der Waals surface area (Å²) in [6, 6.07) is 11.4. The highest BCUT2D eigenvalue weighted by Gasteiger charge is 2.30. The van der Waals surface area contributed by atoms with Gasteiger partial charge in [-0.05, 0) is 42.3 Å². The monoisotopic (exact) mass is 386 g/mol. The van der Waals surface area contributed by atoms with Crippen molar-refractivity contribution in [3.05, 3.63) is 71.5 Å². The topological polar surface area (TPSA) is 83.9 Å². The van der Waals surface area contributed by atoms with Crippen LogP contribution in [0.3, 0.4) is 0 Å². The van der Waals surface area contributed by atoms with Crippen molar-refractivity contribution in [1.82, 2.24) is 25.6 Å². The van der Waals surface area contributed by atoms with E-state index in [1.807, 2.05) is 18.2 Å². The Labute approximate surface area is 159 Å². The molecule has 2 aromatic carbocycles. The number of hydrazine groups is 1. The Morgan fingerprint density at radius 3 is 2.89 bits per heavy atom. The number of carbonyl (C=O) groups excluding carboxylic acids is 1. The molecule has 1 fully saturated rings. The van der Waals surface area contributed by atoms with Gasteiger partial charge in [0.05, 0.1) is 0 Å². The lowest BCUT2D eigenvalue weighted by atomic mass is 10.0. The average Bonchev–Trinajstić information content (AvgIpc) is 3.34. The first-order valence-electron chi connectivity index (χ1n) is 8.32. The van der Waals surface area contributed by atoms with Crippen LogP contribution in [0, 0.1) is 5.82 Å². The van der Waals surface area contributed by atoms with E-state index in [4.69, 9.17) is 11.6 Å². The Balaban J connectivity index is 1.42. The largest absolute Gasteiger partial charge is 0.325 e. The molecule has 1 saturated heterocycles. The van der Waals surface area contributed by atoms with E-state index < -0.39 is 11.9 Å². The number of amides is 1. The molecule has 0 radical (unpaired) electrons. The normalized spacial score (nSPS) is 19.2. The fourth-order valence-electron chi connectivity index (χ4n) is 3.00. The van der Waals surface area contributed by atoms with Crippen molar-refractivity contribution in [1.29, 1.82) is 0 Å². The molecule has 0 aliphatic carbocycles. The molecule has 4 rings (SSSR count). The molecule has 3 aromatic rings. The van der Waals surface area contributed by atoms with E-state index in [0.717, 1.165) is 5.56 Å². The lowest BCUT2D eigenvalue weighted by Crippen LogP contribution is -2.39. The first kappa shape index (κ1) is 17.6. The maximum atomic E-state index is 14.3. The zero-order valence-corrected chi connectivity index (χ0v) is 14.8. The number of hydrogen-bond acceptors (Lipinski definition) is 5. The van der Waals surface area contributed by atoms with Crippen LogP contribution in [-0.4, -0.2) is 26.7 Å². The molecule has 0 bridgehead atoms. The molecule has 1 aliphatic rings. The second-order valence-electron chi connectivity index (χ2n) is 6.18. The molecule has 27 heavy (non-hydrogen) atoms. The standard InChI is InChI=1S/C18H16ClFN6O/c19-12-3-1-2-11(6-12)15-8-16(25-24-15)18(27)23-13-4-5-17(14(20)7-13)26-10-21-9-22-26/h1-7,9-10,15-16,24-25H,8H2,(H,23,27). The molecular formula is C18H16ClFN6O. The number of nitrogens with one attached hydrogen (secondary N) is 3. The zero-order chi connectivity index (χ0) is 18.8. The summed E-state index contributed by atoms with van der Waals surface area (Å²) in [6.45, 7) is 0. The SMILES string of the molecule is O=C(Nc1ccc(-n2cncn2)c(F)c1)C1CC(c2cccc(Cl)c2)NN1. The van der Waals surface area contributed by atoms with Gasteiger partial charge < -0.3 is 5.32 Å². The second-order valence-corrected chi connectivity index (χ2v) is 6.62. The van der Waals surface area contributed by atoms with Crippen LogP contribution in [0.5, 0.6) is 0 Å². The smallest absolute Gasteiger partial charge is 0.242 e. The molecule has 2 unspecified atom stereocenters. The molecule has 1 aromatic heterocycles. The molecule has 138 valence electrons. The van der Waals surface area contributed by atoms with Gasteiger partial charge in [0, 0.05) is 16.8 Å². The number of halogens is 2. The summed E-state index contributed by atoms with van der Waals surface area (Å²) in [4.78, 5) is 16.3. The second kappa shape index (κ2) is 7.43. The molecule has 3 N–H and O–H groups in total. The molecular weight excluding hydrogens is 371 g/mol. The van der Waals surface area contributed by atoms with Gasteiger partial charge in [0.1, 0.15) is 24.4 Å². The Morgan fingerprint density at radius 2 is 2.15 bits per heavy atom. The summed E-state index contributed by atoms with van der Waals surface area (Å²) >= 11 is 6.02. The predicted octanol–water partition coefficient (Wildman–Crippen LogP) is 2.61. The van der Waals surface area contributed by atoms with Crippen LogP contribution in [0.25, 0.3) is 5.69 Å². The molecule has 9 heteroatoms. The van der Waals surface area contributed by atoms with Gasteiger partial charge in [0.2, 0.25) is 5.91 Å². The lowest BCUT2D eigenvalue weighted by molar-refractivity contribution is -0.117. The first-order chi connectivity index (χ1) is 13.1. The Hall–Kier alpha value is -2.81. The Bertz CT molecular complexity index is 964. The van der Waals surface area contributed by atoms with Crippen LogP contribution >= 0.6 is 11.6 Å². The summed E-state index contributed by atoms with van der Waals surface area (Å²) in [5.74, 6) is -0.757. The van der Waals surface area contributed by atoms with Gasteiger partial charge in [-0.25, -0.2) is 24.9 Å². The van der Waals surface area contributed by atoms with Crippen molar-refractivity contribution < 1.29 is 9.18 Å². The fraction of sp³-hybridized carbons (Fsp3) is 0.167. The molecule has 1 aliphatic heterocycles. The van der Waals surface area contributed by atoms with Crippen LogP contribution in [0.4, 0.5) is 10.1 Å². The molecule has 7 nitrogen and oxygen atoms in total. The number of benzene rings is 2. The van der Waals surface area contributed by atoms with E-state index in [0.29, 0.717) is 17.1 Å². The Morgan fingerprint density at radius 1 is 1.26 bits per heavy atom. The summed E-state index contributed by atoms with van der Waals surface area (Å²) in [6.07, 6.45) is 3.27. The van der Waals surface area contributed by atoms with Crippen molar-refractivity contribution in [2.75, 3.05) is 5.32 Å². The minimum atomic E-state index is -0.507. The fourth-order valence-corrected chi connectivity index (χ4v) is 3.20. The first-order valence-corrected chi connectivity index (χ1v) is 8.70. The highest BCUT2D eigenvalue weighted by molar-refractivity contribution is 6.30. The maximum Gasteiger partial charge on any atom is 0.242 e. The van der Waals surface area contributed by atoms with Crippen LogP contribution in [0.2, 0.25) is 5.02 Å². The van der Waals surface area contributed by atoms with Crippen LogP contribution in [0.1, 0.15) is 18.0 Å². The van der Waals surface area contributed by atoms with Gasteiger partial charge in [-0.1, -0.05) is 23.7 Å². The van der Waals surface area contributed by atoms with Gasteiger partial charge >= 0.3 is 0 Å². The van der Waals surface area contributed by atoms with Gasteiger partial charge in [0.15, 0.2) is 5.82 Å².